The highest BCUT2D eigenvalue weighted by Gasteiger charge is 2.51. The fraction of sp³-hybridized carbons (Fsp3) is 0.429. The van der Waals surface area contributed by atoms with Gasteiger partial charge in [0.15, 0.2) is 0 Å². The molecule has 1 saturated heterocycles. The van der Waals surface area contributed by atoms with Crippen LogP contribution in [0.15, 0.2) is 59.1 Å². The summed E-state index contributed by atoms with van der Waals surface area (Å²) in [6, 6.07) is 9.94. The molecule has 0 radical (unpaired) electrons. The summed E-state index contributed by atoms with van der Waals surface area (Å²) in [5, 5.41) is 13.5. The van der Waals surface area contributed by atoms with Gasteiger partial charge >= 0.3 is 5.97 Å². The number of allylic oxidation sites excluding steroid dienone is 4. The van der Waals surface area contributed by atoms with E-state index in [9.17, 15) is 9.90 Å². The molecule has 0 amide bonds. The number of benzene rings is 1. The van der Waals surface area contributed by atoms with Gasteiger partial charge < -0.3 is 15.7 Å². The number of carboxylic acid groups (broad SMARTS) is 1. The fourth-order valence-corrected chi connectivity index (χ4v) is 4.78. The first-order chi connectivity index (χ1) is 13.1. The van der Waals surface area contributed by atoms with Gasteiger partial charge in [-0.3, -0.25) is 15.1 Å². The van der Waals surface area contributed by atoms with Crippen LogP contribution in [-0.2, 0) is 4.79 Å². The number of hydrogen-bond donors (Lipinski definition) is 3. The lowest BCUT2D eigenvalue weighted by molar-refractivity contribution is -0.146. The molecule has 0 bridgehead atoms. The number of amidine groups is 1. The normalized spacial score (nSPS) is 33.1. The predicted molar refractivity (Wildman–Crippen MR) is 106 cm³/mol. The molecule has 4 rings (SSSR count). The molecule has 0 saturated carbocycles. The third kappa shape index (κ3) is 3.14. The van der Waals surface area contributed by atoms with Crippen molar-refractivity contribution in [1.29, 1.82) is 0 Å². The molecule has 5 unspecified atom stereocenters. The molecule has 4 N–H and O–H groups in total. The number of rotatable bonds is 3. The first kappa shape index (κ1) is 17.8. The van der Waals surface area contributed by atoms with Gasteiger partial charge in [-0.15, -0.1) is 0 Å². The van der Waals surface area contributed by atoms with Gasteiger partial charge in [0.05, 0.1) is 18.0 Å². The molecule has 2 aliphatic heterocycles. The van der Waals surface area contributed by atoms with Crippen LogP contribution in [0.25, 0.3) is 0 Å². The molecular formula is C21H26N4O2. The Bertz CT molecular complexity index is 802. The number of aliphatic carboxylic acids is 1. The number of nitrogens with zero attached hydrogens (tertiary/aromatic N) is 2. The second-order valence-corrected chi connectivity index (χ2v) is 7.55. The van der Waals surface area contributed by atoms with Crippen LogP contribution in [0.1, 0.15) is 19.8 Å². The standard InChI is InChI=1S/C21H26N4O2/c1-13-16(21(26)27)17(14-8-4-2-5-9-14)18-19(22)23-12-25(20(18)24-13)15-10-6-3-7-11-15/h2-4,6-8,10-11,13,16-18,20,24H,5,9,12H2,1H3,(H2,22,23)(H,26,27). The van der Waals surface area contributed by atoms with Crippen molar-refractivity contribution in [3.8, 4) is 0 Å². The van der Waals surface area contributed by atoms with Gasteiger partial charge in [0.1, 0.15) is 12.5 Å². The van der Waals surface area contributed by atoms with Crippen LogP contribution in [0.4, 0.5) is 5.69 Å². The Morgan fingerprint density at radius 2 is 2.07 bits per heavy atom. The minimum Gasteiger partial charge on any atom is -0.481 e. The highest BCUT2D eigenvalue weighted by molar-refractivity contribution is 5.87. The Morgan fingerprint density at radius 1 is 1.30 bits per heavy atom. The molecule has 6 nitrogen and oxygen atoms in total. The van der Waals surface area contributed by atoms with E-state index in [1.807, 2.05) is 31.2 Å². The van der Waals surface area contributed by atoms with Crippen molar-refractivity contribution in [2.75, 3.05) is 11.6 Å². The number of fused-ring (bicyclic) bond motifs is 1. The van der Waals surface area contributed by atoms with Crippen LogP contribution in [-0.4, -0.2) is 35.8 Å². The van der Waals surface area contributed by atoms with Crippen molar-refractivity contribution < 1.29 is 9.90 Å². The average molecular weight is 366 g/mol. The SMILES string of the molecule is CC1NC2C(C(N)=NCN2c2ccccc2)C(C2=CC=CCC2)C1C(=O)O. The third-order valence-corrected chi connectivity index (χ3v) is 6.02. The topological polar surface area (TPSA) is 91.0 Å². The van der Waals surface area contributed by atoms with Gasteiger partial charge in [-0.1, -0.05) is 42.0 Å². The lowest BCUT2D eigenvalue weighted by Crippen LogP contribution is -2.68. The van der Waals surface area contributed by atoms with E-state index in [0.717, 1.165) is 18.5 Å². The number of anilines is 1. The Morgan fingerprint density at radius 3 is 2.74 bits per heavy atom. The van der Waals surface area contributed by atoms with E-state index in [2.05, 4.69) is 39.5 Å². The Hall–Kier alpha value is -2.60. The number of nitrogens with two attached hydrogens (primary N) is 1. The van der Waals surface area contributed by atoms with Gasteiger partial charge in [0, 0.05) is 17.6 Å². The Labute approximate surface area is 159 Å². The summed E-state index contributed by atoms with van der Waals surface area (Å²) in [5.41, 5.74) is 8.61. The van der Waals surface area contributed by atoms with Crippen LogP contribution >= 0.6 is 0 Å². The molecule has 6 heteroatoms. The van der Waals surface area contributed by atoms with Crippen molar-refractivity contribution in [1.82, 2.24) is 5.32 Å². The van der Waals surface area contributed by atoms with Crippen molar-refractivity contribution in [2.45, 2.75) is 32.0 Å². The van der Waals surface area contributed by atoms with Gasteiger partial charge in [-0.2, -0.15) is 0 Å². The minimum absolute atomic E-state index is 0.0766. The number of aliphatic imine (C=N–C) groups is 1. The maximum atomic E-state index is 12.2. The predicted octanol–water partition coefficient (Wildman–Crippen LogP) is 2.35. The van der Waals surface area contributed by atoms with E-state index in [-0.39, 0.29) is 24.0 Å². The summed E-state index contributed by atoms with van der Waals surface area (Å²) in [7, 11) is 0. The van der Waals surface area contributed by atoms with Gasteiger partial charge in [0.2, 0.25) is 0 Å². The Kier molecular flexibility index (Phi) is 4.74. The van der Waals surface area contributed by atoms with E-state index >= 15 is 0 Å². The van der Waals surface area contributed by atoms with Crippen molar-refractivity contribution >= 4 is 17.5 Å². The molecule has 0 aromatic heterocycles. The summed E-state index contributed by atoms with van der Waals surface area (Å²) in [6.07, 6.45) is 7.97. The molecule has 1 fully saturated rings. The lowest BCUT2D eigenvalue weighted by Gasteiger charge is -2.52. The number of nitrogens with one attached hydrogen (secondary N) is 1. The molecular weight excluding hydrogens is 340 g/mol. The highest BCUT2D eigenvalue weighted by atomic mass is 16.4. The van der Waals surface area contributed by atoms with Crippen molar-refractivity contribution in [3.05, 3.63) is 54.1 Å². The van der Waals surface area contributed by atoms with Gasteiger partial charge in [-0.05, 0) is 31.9 Å². The van der Waals surface area contributed by atoms with Crippen molar-refractivity contribution in [2.24, 2.45) is 28.5 Å². The minimum atomic E-state index is -0.779. The van der Waals surface area contributed by atoms with E-state index in [1.165, 1.54) is 5.57 Å². The van der Waals surface area contributed by atoms with Crippen LogP contribution in [0.2, 0.25) is 0 Å². The first-order valence-corrected chi connectivity index (χ1v) is 9.54. The number of para-hydroxylation sites is 1. The van der Waals surface area contributed by atoms with E-state index in [4.69, 9.17) is 5.73 Å². The van der Waals surface area contributed by atoms with Crippen LogP contribution in [0.5, 0.6) is 0 Å². The maximum Gasteiger partial charge on any atom is 0.308 e. The first-order valence-electron chi connectivity index (χ1n) is 9.54. The summed E-state index contributed by atoms with van der Waals surface area (Å²) in [4.78, 5) is 18.9. The second kappa shape index (κ2) is 7.19. The maximum absolute atomic E-state index is 12.2. The molecule has 142 valence electrons. The molecule has 1 aromatic carbocycles. The smallest absolute Gasteiger partial charge is 0.308 e. The number of hydrogen-bond acceptors (Lipinski definition) is 5. The van der Waals surface area contributed by atoms with E-state index in [0.29, 0.717) is 12.5 Å². The zero-order valence-corrected chi connectivity index (χ0v) is 15.5. The van der Waals surface area contributed by atoms with Crippen LogP contribution < -0.4 is 16.0 Å². The van der Waals surface area contributed by atoms with Gasteiger partial charge in [0.25, 0.3) is 0 Å². The summed E-state index contributed by atoms with van der Waals surface area (Å²) in [6.45, 7) is 2.44. The molecule has 1 aliphatic carbocycles. The monoisotopic (exact) mass is 366 g/mol. The average Bonchev–Trinajstić information content (AvgIpc) is 2.68. The van der Waals surface area contributed by atoms with E-state index in [1.54, 1.807) is 0 Å². The van der Waals surface area contributed by atoms with Crippen LogP contribution in [0.3, 0.4) is 0 Å². The molecule has 2 heterocycles. The number of carbonyl (C=O) groups is 1. The molecule has 5 atom stereocenters. The lowest BCUT2D eigenvalue weighted by atomic mass is 9.67. The van der Waals surface area contributed by atoms with E-state index < -0.39 is 11.9 Å². The summed E-state index contributed by atoms with van der Waals surface area (Å²) in [5.74, 6) is -1.09. The molecule has 3 aliphatic rings. The Balaban J connectivity index is 1.79. The molecule has 0 spiro atoms. The summed E-state index contributed by atoms with van der Waals surface area (Å²) >= 11 is 0. The quantitative estimate of drug-likeness (QED) is 0.764. The largest absolute Gasteiger partial charge is 0.481 e. The zero-order chi connectivity index (χ0) is 19.0. The summed E-state index contributed by atoms with van der Waals surface area (Å²) < 4.78 is 0. The van der Waals surface area contributed by atoms with Crippen LogP contribution in [0, 0.1) is 17.8 Å². The number of piperidine rings is 1. The highest BCUT2D eigenvalue weighted by Crippen LogP contribution is 2.42. The number of carboxylic acids is 1. The molecule has 27 heavy (non-hydrogen) atoms. The van der Waals surface area contributed by atoms with Crippen molar-refractivity contribution in [3.63, 3.8) is 0 Å². The fourth-order valence-electron chi connectivity index (χ4n) is 4.78. The second-order valence-electron chi connectivity index (χ2n) is 7.55. The van der Waals surface area contributed by atoms with Gasteiger partial charge in [-0.25, -0.2) is 0 Å². The zero-order valence-electron chi connectivity index (χ0n) is 15.5. The third-order valence-electron chi connectivity index (χ3n) is 6.02. The molecule has 1 aromatic rings.